The Labute approximate surface area is 183 Å². The average Bonchev–Trinajstić information content (AvgIpc) is 2.96. The maximum atomic E-state index is 12.2. The van der Waals surface area contributed by atoms with Crippen LogP contribution in [0.2, 0.25) is 5.04 Å². The summed E-state index contributed by atoms with van der Waals surface area (Å²) in [6, 6.07) is 20.9. The van der Waals surface area contributed by atoms with E-state index in [1.54, 1.807) is 11.8 Å². The van der Waals surface area contributed by atoms with Crippen LogP contribution in [0, 0.1) is 0 Å². The van der Waals surface area contributed by atoms with Gasteiger partial charge < -0.3 is 4.43 Å². The molecule has 0 aliphatic carbocycles. The van der Waals surface area contributed by atoms with Gasteiger partial charge in [0, 0.05) is 4.91 Å². The van der Waals surface area contributed by atoms with E-state index in [1.807, 2.05) is 24.0 Å². The van der Waals surface area contributed by atoms with Gasteiger partial charge in [0.05, 0.1) is 11.8 Å². The molecule has 6 heteroatoms. The molecule has 150 valence electrons. The maximum Gasteiger partial charge on any atom is 0.321 e. The SMILES string of the molecule is CC1=C(C(=S)O[Si](c2ccccc2)(c2ccccc2)C(C)(C)C)N2C(=O)C[C@H]2S1. The van der Waals surface area contributed by atoms with Crippen molar-refractivity contribution in [2.75, 3.05) is 0 Å². The number of hydrogen-bond acceptors (Lipinski definition) is 4. The number of carbonyl (C=O) groups excluding carboxylic acids is 1. The Balaban J connectivity index is 1.84. The highest BCUT2D eigenvalue weighted by Crippen LogP contribution is 2.47. The van der Waals surface area contributed by atoms with E-state index in [0.29, 0.717) is 11.5 Å². The largest absolute Gasteiger partial charge is 0.525 e. The maximum absolute atomic E-state index is 12.2. The van der Waals surface area contributed by atoms with E-state index in [1.165, 1.54) is 10.4 Å². The van der Waals surface area contributed by atoms with Crippen LogP contribution in [0.25, 0.3) is 0 Å². The van der Waals surface area contributed by atoms with Crippen molar-refractivity contribution in [3.05, 3.63) is 71.3 Å². The first-order valence-electron chi connectivity index (χ1n) is 9.79. The quantitative estimate of drug-likeness (QED) is 0.401. The Morgan fingerprint density at radius 1 is 1.07 bits per heavy atom. The van der Waals surface area contributed by atoms with Crippen molar-refractivity contribution >= 4 is 53.6 Å². The minimum absolute atomic E-state index is 0.128. The van der Waals surface area contributed by atoms with E-state index in [9.17, 15) is 4.79 Å². The van der Waals surface area contributed by atoms with Gasteiger partial charge in [0.1, 0.15) is 5.70 Å². The molecule has 2 aromatic rings. The highest BCUT2D eigenvalue weighted by molar-refractivity contribution is 8.04. The van der Waals surface area contributed by atoms with Crippen molar-refractivity contribution in [1.82, 2.24) is 4.90 Å². The lowest BCUT2D eigenvalue weighted by Gasteiger charge is -2.44. The first kappa shape index (κ1) is 20.4. The summed E-state index contributed by atoms with van der Waals surface area (Å²) in [5.41, 5.74) is 0.791. The number of carbonyl (C=O) groups is 1. The lowest BCUT2D eigenvalue weighted by molar-refractivity contribution is -0.137. The molecule has 0 aromatic heterocycles. The van der Waals surface area contributed by atoms with E-state index < -0.39 is 8.32 Å². The van der Waals surface area contributed by atoms with Crippen LogP contribution in [0.1, 0.15) is 34.1 Å². The third-order valence-electron chi connectivity index (χ3n) is 5.65. The third kappa shape index (κ3) is 3.27. The summed E-state index contributed by atoms with van der Waals surface area (Å²) in [6.45, 7) is 8.71. The number of allylic oxidation sites excluding steroid dienone is 1. The fraction of sp³-hybridized carbons (Fsp3) is 0.304. The van der Waals surface area contributed by atoms with Gasteiger partial charge in [0.25, 0.3) is 0 Å². The molecule has 0 N–H and O–H groups in total. The third-order valence-corrected chi connectivity index (χ3v) is 12.2. The Bertz CT molecular complexity index is 943. The number of hydrogen-bond donors (Lipinski definition) is 0. The van der Waals surface area contributed by atoms with Crippen molar-refractivity contribution in [3.63, 3.8) is 0 Å². The van der Waals surface area contributed by atoms with Gasteiger partial charge in [0.2, 0.25) is 5.91 Å². The van der Waals surface area contributed by atoms with Crippen LogP contribution in [0.3, 0.4) is 0 Å². The predicted molar refractivity (Wildman–Crippen MR) is 127 cm³/mol. The summed E-state index contributed by atoms with van der Waals surface area (Å²) in [4.78, 5) is 15.1. The molecular formula is C23H25NO2S2Si. The predicted octanol–water partition coefficient (Wildman–Crippen LogP) is 4.43. The molecule has 2 aliphatic heterocycles. The zero-order valence-electron chi connectivity index (χ0n) is 17.1. The molecule has 4 rings (SSSR count). The molecule has 2 heterocycles. The zero-order valence-corrected chi connectivity index (χ0v) is 19.8. The van der Waals surface area contributed by atoms with E-state index in [4.69, 9.17) is 16.6 Å². The number of fused-ring (bicyclic) bond motifs is 1. The Morgan fingerprint density at radius 3 is 2.03 bits per heavy atom. The normalized spacial score (nSPS) is 19.1. The van der Waals surface area contributed by atoms with Crippen LogP contribution in [0.4, 0.5) is 0 Å². The number of nitrogens with zero attached hydrogens (tertiary/aromatic N) is 1. The van der Waals surface area contributed by atoms with Crippen LogP contribution in [0.5, 0.6) is 0 Å². The van der Waals surface area contributed by atoms with Gasteiger partial charge in [-0.05, 0) is 34.6 Å². The zero-order chi connectivity index (χ0) is 20.8. The molecule has 0 bridgehead atoms. The van der Waals surface area contributed by atoms with Crippen LogP contribution < -0.4 is 10.4 Å². The summed E-state index contributed by atoms with van der Waals surface area (Å²) >= 11 is 7.59. The Morgan fingerprint density at radius 2 is 1.59 bits per heavy atom. The molecule has 1 atom stereocenters. The van der Waals surface area contributed by atoms with Crippen molar-refractivity contribution in [1.29, 1.82) is 0 Å². The first-order valence-corrected chi connectivity index (χ1v) is 13.0. The number of benzene rings is 2. The molecule has 0 unspecified atom stereocenters. The number of thioether (sulfide) groups is 1. The average molecular weight is 440 g/mol. The number of amides is 1. The fourth-order valence-corrected chi connectivity index (χ4v) is 10.5. The van der Waals surface area contributed by atoms with Gasteiger partial charge in [-0.25, -0.2) is 0 Å². The minimum Gasteiger partial charge on any atom is -0.525 e. The number of rotatable bonds is 4. The van der Waals surface area contributed by atoms with E-state index >= 15 is 0 Å². The van der Waals surface area contributed by atoms with Crippen molar-refractivity contribution in [3.8, 4) is 0 Å². The second-order valence-corrected chi connectivity index (χ2v) is 14.5. The Kier molecular flexibility index (Phi) is 5.21. The second-order valence-electron chi connectivity index (χ2n) is 8.50. The van der Waals surface area contributed by atoms with Crippen molar-refractivity contribution in [2.45, 2.75) is 44.5 Å². The highest BCUT2D eigenvalue weighted by atomic mass is 32.2. The molecule has 3 nitrogen and oxygen atoms in total. The standard InChI is InChI=1S/C23H25NO2S2Si/c1-16-21(24-19(25)15-20(24)28-16)22(27)26-29(23(2,3)4,17-11-7-5-8-12-17)18-13-9-6-10-14-18/h5-14,20H,15H2,1-4H3/t20-/m1/s1. The van der Waals surface area contributed by atoms with Crippen LogP contribution in [0.15, 0.2) is 71.3 Å². The number of β-lactam (4-membered cyclic amide) rings is 1. The van der Waals surface area contributed by atoms with E-state index in [0.717, 1.165) is 10.6 Å². The molecule has 1 fully saturated rings. The van der Waals surface area contributed by atoms with E-state index in [2.05, 4.69) is 69.3 Å². The summed E-state index contributed by atoms with van der Waals surface area (Å²) < 4.78 is 6.94. The van der Waals surface area contributed by atoms with Crippen LogP contribution in [-0.2, 0) is 9.22 Å². The molecule has 0 spiro atoms. The van der Waals surface area contributed by atoms with Gasteiger partial charge >= 0.3 is 8.32 Å². The second kappa shape index (κ2) is 7.42. The number of thiocarbonyl (C=S) groups is 1. The monoisotopic (exact) mass is 439 g/mol. The Hall–Kier alpha value is -1.89. The summed E-state index contributed by atoms with van der Waals surface area (Å²) in [5.74, 6) is 0.128. The highest BCUT2D eigenvalue weighted by Gasteiger charge is 2.54. The smallest absolute Gasteiger partial charge is 0.321 e. The topological polar surface area (TPSA) is 29.5 Å². The van der Waals surface area contributed by atoms with E-state index in [-0.39, 0.29) is 16.3 Å². The lowest BCUT2D eigenvalue weighted by Crippen LogP contribution is -2.67. The van der Waals surface area contributed by atoms with Crippen molar-refractivity contribution in [2.24, 2.45) is 0 Å². The minimum atomic E-state index is -2.78. The van der Waals surface area contributed by atoms with Crippen molar-refractivity contribution < 1.29 is 9.22 Å². The van der Waals surface area contributed by atoms with Gasteiger partial charge in [-0.15, -0.1) is 11.8 Å². The van der Waals surface area contributed by atoms with Gasteiger partial charge in [0.15, 0.2) is 5.05 Å². The fourth-order valence-electron chi connectivity index (χ4n) is 4.26. The lowest BCUT2D eigenvalue weighted by atomic mass is 10.2. The van der Waals surface area contributed by atoms with Crippen LogP contribution in [-0.4, -0.2) is 29.5 Å². The summed E-state index contributed by atoms with van der Waals surface area (Å²) in [7, 11) is -2.78. The summed E-state index contributed by atoms with van der Waals surface area (Å²) in [5, 5.41) is 2.81. The first-order chi connectivity index (χ1) is 13.8. The van der Waals surface area contributed by atoms with Crippen LogP contribution >= 0.6 is 24.0 Å². The van der Waals surface area contributed by atoms with Gasteiger partial charge in [-0.1, -0.05) is 81.4 Å². The molecule has 2 aromatic carbocycles. The molecule has 1 amide bonds. The molecule has 29 heavy (non-hydrogen) atoms. The molecule has 0 radical (unpaired) electrons. The molecular weight excluding hydrogens is 414 g/mol. The van der Waals surface area contributed by atoms with Gasteiger partial charge in [-0.2, -0.15) is 0 Å². The van der Waals surface area contributed by atoms with Gasteiger partial charge in [-0.3, -0.25) is 9.69 Å². The molecule has 1 saturated heterocycles. The summed E-state index contributed by atoms with van der Waals surface area (Å²) in [6.07, 6.45) is 0.577. The molecule has 0 saturated carbocycles. The molecule has 2 aliphatic rings.